The summed E-state index contributed by atoms with van der Waals surface area (Å²) in [7, 11) is 0. The molecule has 19 heavy (non-hydrogen) atoms. The fourth-order valence-electron chi connectivity index (χ4n) is 1.28. The molecule has 0 saturated heterocycles. The summed E-state index contributed by atoms with van der Waals surface area (Å²) in [5.74, 6) is -5.32. The monoisotopic (exact) mass is 273 g/mol. The second-order valence-corrected chi connectivity index (χ2v) is 3.99. The Kier molecular flexibility index (Phi) is 5.57. The number of nitrogens with one attached hydrogen (secondary N) is 1. The molecule has 0 spiro atoms. The van der Waals surface area contributed by atoms with Gasteiger partial charge in [-0.2, -0.15) is 0 Å². The summed E-state index contributed by atoms with van der Waals surface area (Å²) in [6.07, 6.45) is 0. The number of hydrogen-bond donors (Lipinski definition) is 1. The third-order valence-electron chi connectivity index (χ3n) is 2.16. The minimum absolute atomic E-state index is 0.130. The smallest absolute Gasteiger partial charge is 0.254 e. The highest BCUT2D eigenvalue weighted by atomic mass is 19.2. The average molecular weight is 273 g/mol. The van der Waals surface area contributed by atoms with E-state index in [9.17, 15) is 18.0 Å². The van der Waals surface area contributed by atoms with Crippen LogP contribution in [0.4, 0.5) is 13.2 Å². The summed E-state index contributed by atoms with van der Waals surface area (Å²) in [4.78, 5) is 11.5. The standard InChI is InChI=1S/C13H14F3NO2/c1-8(2)7-19-6-5-17-13(18)9-3-4-10(14)12(16)11(9)15/h3-4H,1,5-7H2,2H3,(H,17,18). The molecule has 0 radical (unpaired) electrons. The van der Waals surface area contributed by atoms with Crippen LogP contribution in [0.2, 0.25) is 0 Å². The Morgan fingerprint density at radius 3 is 2.63 bits per heavy atom. The summed E-state index contributed by atoms with van der Waals surface area (Å²) in [5, 5.41) is 2.34. The van der Waals surface area contributed by atoms with Gasteiger partial charge in [-0.05, 0) is 19.1 Å². The number of rotatable bonds is 6. The third kappa shape index (κ3) is 4.40. The molecule has 3 nitrogen and oxygen atoms in total. The van der Waals surface area contributed by atoms with E-state index in [0.29, 0.717) is 12.7 Å². The molecule has 0 aliphatic heterocycles. The van der Waals surface area contributed by atoms with Crippen LogP contribution in [0.3, 0.4) is 0 Å². The van der Waals surface area contributed by atoms with Crippen molar-refractivity contribution in [2.45, 2.75) is 6.92 Å². The van der Waals surface area contributed by atoms with Crippen LogP contribution in [-0.4, -0.2) is 25.7 Å². The largest absolute Gasteiger partial charge is 0.375 e. The van der Waals surface area contributed by atoms with E-state index in [4.69, 9.17) is 4.74 Å². The number of carbonyl (C=O) groups excluding carboxylic acids is 1. The highest BCUT2D eigenvalue weighted by Crippen LogP contribution is 2.14. The molecule has 6 heteroatoms. The zero-order valence-electron chi connectivity index (χ0n) is 10.4. The zero-order chi connectivity index (χ0) is 14.4. The quantitative estimate of drug-likeness (QED) is 0.491. The molecule has 1 amide bonds. The lowest BCUT2D eigenvalue weighted by atomic mass is 10.2. The molecule has 0 heterocycles. The van der Waals surface area contributed by atoms with Crippen molar-refractivity contribution in [3.63, 3.8) is 0 Å². The average Bonchev–Trinajstić information content (AvgIpc) is 2.35. The van der Waals surface area contributed by atoms with Crippen LogP contribution in [-0.2, 0) is 4.74 Å². The van der Waals surface area contributed by atoms with Gasteiger partial charge in [0, 0.05) is 6.54 Å². The molecule has 0 bridgehead atoms. The molecule has 0 atom stereocenters. The van der Waals surface area contributed by atoms with Crippen LogP contribution in [0.15, 0.2) is 24.3 Å². The van der Waals surface area contributed by atoms with Gasteiger partial charge >= 0.3 is 0 Å². The second-order valence-electron chi connectivity index (χ2n) is 3.99. The molecule has 0 aliphatic rings. The fourth-order valence-corrected chi connectivity index (χ4v) is 1.28. The van der Waals surface area contributed by atoms with Crippen molar-refractivity contribution in [3.8, 4) is 0 Å². The second kappa shape index (κ2) is 6.94. The number of amides is 1. The van der Waals surface area contributed by atoms with Gasteiger partial charge in [-0.25, -0.2) is 13.2 Å². The Hall–Kier alpha value is -1.82. The van der Waals surface area contributed by atoms with Crippen molar-refractivity contribution in [2.24, 2.45) is 0 Å². The Morgan fingerprint density at radius 2 is 2.00 bits per heavy atom. The first-order chi connectivity index (χ1) is 8.93. The first kappa shape index (κ1) is 15.2. The first-order valence-electron chi connectivity index (χ1n) is 5.57. The highest BCUT2D eigenvalue weighted by molar-refractivity contribution is 5.94. The van der Waals surface area contributed by atoms with E-state index >= 15 is 0 Å². The molecule has 0 unspecified atom stereocenters. The summed E-state index contributed by atoms with van der Waals surface area (Å²) >= 11 is 0. The van der Waals surface area contributed by atoms with Crippen LogP contribution in [0.1, 0.15) is 17.3 Å². The molecule has 0 saturated carbocycles. The lowest BCUT2D eigenvalue weighted by Crippen LogP contribution is -2.28. The molecule has 1 N–H and O–H groups in total. The minimum Gasteiger partial charge on any atom is -0.375 e. The van der Waals surface area contributed by atoms with E-state index in [0.717, 1.165) is 11.6 Å². The van der Waals surface area contributed by atoms with E-state index in [2.05, 4.69) is 11.9 Å². The number of carbonyl (C=O) groups is 1. The van der Waals surface area contributed by atoms with Crippen LogP contribution in [0.5, 0.6) is 0 Å². The first-order valence-corrected chi connectivity index (χ1v) is 5.57. The van der Waals surface area contributed by atoms with E-state index < -0.39 is 28.9 Å². The summed E-state index contributed by atoms with van der Waals surface area (Å²) < 4.78 is 44.0. The maximum Gasteiger partial charge on any atom is 0.254 e. The van der Waals surface area contributed by atoms with Gasteiger partial charge in [-0.15, -0.1) is 0 Å². The van der Waals surface area contributed by atoms with Gasteiger partial charge in [-0.3, -0.25) is 4.79 Å². The van der Waals surface area contributed by atoms with Gasteiger partial charge in [0.15, 0.2) is 17.5 Å². The Morgan fingerprint density at radius 1 is 1.32 bits per heavy atom. The van der Waals surface area contributed by atoms with E-state index in [1.165, 1.54) is 0 Å². The van der Waals surface area contributed by atoms with E-state index in [-0.39, 0.29) is 13.2 Å². The van der Waals surface area contributed by atoms with Crippen molar-refractivity contribution in [1.82, 2.24) is 5.32 Å². The predicted molar refractivity (Wildman–Crippen MR) is 64.3 cm³/mol. The maximum absolute atomic E-state index is 13.3. The Balaban J connectivity index is 2.50. The van der Waals surface area contributed by atoms with Crippen LogP contribution < -0.4 is 5.32 Å². The van der Waals surface area contributed by atoms with Crippen molar-refractivity contribution in [3.05, 3.63) is 47.3 Å². The molecule has 0 aromatic heterocycles. The van der Waals surface area contributed by atoms with Gasteiger partial charge in [0.1, 0.15) is 0 Å². The summed E-state index contributed by atoms with van der Waals surface area (Å²) in [6.45, 7) is 6.11. The summed E-state index contributed by atoms with van der Waals surface area (Å²) in [6, 6.07) is 1.59. The normalized spacial score (nSPS) is 10.3. The molecule has 0 fully saturated rings. The predicted octanol–water partition coefficient (Wildman–Crippen LogP) is 2.43. The molecule has 104 valence electrons. The minimum atomic E-state index is -1.66. The van der Waals surface area contributed by atoms with Gasteiger partial charge < -0.3 is 10.1 Å². The van der Waals surface area contributed by atoms with E-state index in [1.54, 1.807) is 6.92 Å². The molecule has 1 aromatic carbocycles. The van der Waals surface area contributed by atoms with Crippen molar-refractivity contribution in [1.29, 1.82) is 0 Å². The van der Waals surface area contributed by atoms with Crippen molar-refractivity contribution >= 4 is 5.91 Å². The topological polar surface area (TPSA) is 38.3 Å². The van der Waals surface area contributed by atoms with Crippen molar-refractivity contribution in [2.75, 3.05) is 19.8 Å². The van der Waals surface area contributed by atoms with Gasteiger partial charge in [0.05, 0.1) is 18.8 Å². The highest BCUT2D eigenvalue weighted by Gasteiger charge is 2.18. The van der Waals surface area contributed by atoms with Crippen LogP contribution in [0.25, 0.3) is 0 Å². The zero-order valence-corrected chi connectivity index (χ0v) is 10.4. The van der Waals surface area contributed by atoms with E-state index in [1.807, 2.05) is 0 Å². The molecular formula is C13H14F3NO2. The third-order valence-corrected chi connectivity index (χ3v) is 2.16. The van der Waals surface area contributed by atoms with Crippen LogP contribution in [0, 0.1) is 17.5 Å². The fraction of sp³-hybridized carbons (Fsp3) is 0.308. The van der Waals surface area contributed by atoms with Crippen LogP contribution >= 0.6 is 0 Å². The molecule has 1 rings (SSSR count). The molecule has 0 aliphatic carbocycles. The lowest BCUT2D eigenvalue weighted by molar-refractivity contribution is 0.0921. The lowest BCUT2D eigenvalue weighted by Gasteiger charge is -2.07. The SMILES string of the molecule is C=C(C)COCCNC(=O)c1ccc(F)c(F)c1F. The number of hydrogen-bond acceptors (Lipinski definition) is 2. The van der Waals surface area contributed by atoms with Gasteiger partial charge in [0.25, 0.3) is 5.91 Å². The number of ether oxygens (including phenoxy) is 1. The number of halogens is 3. The number of benzene rings is 1. The Bertz CT molecular complexity index is 489. The molecular weight excluding hydrogens is 259 g/mol. The summed E-state index contributed by atoms with van der Waals surface area (Å²) in [5.41, 5.74) is 0.289. The maximum atomic E-state index is 13.3. The van der Waals surface area contributed by atoms with Crippen molar-refractivity contribution < 1.29 is 22.7 Å². The molecule has 1 aromatic rings. The Labute approximate surface area is 109 Å². The van der Waals surface area contributed by atoms with Gasteiger partial charge in [-0.1, -0.05) is 12.2 Å². The van der Waals surface area contributed by atoms with Gasteiger partial charge in [0.2, 0.25) is 0 Å².